The number of rotatable bonds is 1. The molecule has 1 aliphatic heterocycles. The number of carbonyl (C=O) groups excluding carboxylic acids is 1. The molecule has 0 bridgehead atoms. The second-order valence-corrected chi connectivity index (χ2v) is 5.29. The molecule has 1 heterocycles. The van der Waals surface area contributed by atoms with Gasteiger partial charge in [-0.25, -0.2) is 9.18 Å². The average Bonchev–Trinajstić information content (AvgIpc) is 2.45. The van der Waals surface area contributed by atoms with E-state index in [-0.39, 0.29) is 12.0 Å². The monoisotopic (exact) mass is 216 g/mol. The zero-order valence-corrected chi connectivity index (χ0v) is 9.26. The predicted molar refractivity (Wildman–Crippen MR) is 53.4 cm³/mol. The normalized spacial score (nSPS) is 38.4. The minimum Gasteiger partial charge on any atom is -0.444 e. The van der Waals surface area contributed by atoms with Crippen molar-refractivity contribution in [1.82, 2.24) is 10.6 Å². The Morgan fingerprint density at radius 1 is 1.60 bits per heavy atom. The Morgan fingerprint density at radius 2 is 2.27 bits per heavy atom. The van der Waals surface area contributed by atoms with Gasteiger partial charge < -0.3 is 15.4 Å². The maximum Gasteiger partial charge on any atom is 0.407 e. The summed E-state index contributed by atoms with van der Waals surface area (Å²) in [6.45, 7) is 6.32. The Bertz CT molecular complexity index is 290. The third-order valence-electron chi connectivity index (χ3n) is 2.86. The van der Waals surface area contributed by atoms with Crippen molar-refractivity contribution >= 4 is 6.09 Å². The molecule has 2 rings (SSSR count). The van der Waals surface area contributed by atoms with Gasteiger partial charge in [-0.1, -0.05) is 0 Å². The fraction of sp³-hybridized carbons (Fsp3) is 0.900. The molecular weight excluding hydrogens is 199 g/mol. The van der Waals surface area contributed by atoms with Crippen molar-refractivity contribution in [3.8, 4) is 0 Å². The molecule has 2 fully saturated rings. The Balaban J connectivity index is 1.82. The van der Waals surface area contributed by atoms with Crippen LogP contribution in [0.25, 0.3) is 0 Å². The highest BCUT2D eigenvalue weighted by atomic mass is 19.1. The number of piperidine rings is 1. The number of alkyl carbamates (subject to hydrolysis) is 1. The minimum atomic E-state index is -1.24. The first-order chi connectivity index (χ1) is 6.83. The van der Waals surface area contributed by atoms with Crippen molar-refractivity contribution in [2.45, 2.75) is 38.1 Å². The van der Waals surface area contributed by atoms with Crippen LogP contribution in [0.5, 0.6) is 0 Å². The van der Waals surface area contributed by atoms with Crippen LogP contribution < -0.4 is 10.6 Å². The molecule has 2 N–H and O–H groups in total. The average molecular weight is 216 g/mol. The zero-order valence-electron chi connectivity index (χ0n) is 9.26. The summed E-state index contributed by atoms with van der Waals surface area (Å²) in [5, 5.41) is 5.52. The lowest BCUT2D eigenvalue weighted by molar-refractivity contribution is 0.0509. The largest absolute Gasteiger partial charge is 0.444 e. The van der Waals surface area contributed by atoms with Crippen molar-refractivity contribution < 1.29 is 13.9 Å². The smallest absolute Gasteiger partial charge is 0.407 e. The van der Waals surface area contributed by atoms with E-state index in [2.05, 4.69) is 10.6 Å². The molecule has 1 saturated carbocycles. The Hall–Kier alpha value is -0.840. The summed E-state index contributed by atoms with van der Waals surface area (Å²) in [4.78, 5) is 11.4. The maximum absolute atomic E-state index is 13.8. The summed E-state index contributed by atoms with van der Waals surface area (Å²) < 4.78 is 18.9. The first kappa shape index (κ1) is 10.7. The van der Waals surface area contributed by atoms with E-state index in [1.165, 1.54) is 0 Å². The van der Waals surface area contributed by atoms with Crippen molar-refractivity contribution in [2.75, 3.05) is 13.1 Å². The lowest BCUT2D eigenvalue weighted by atomic mass is 10.2. The second kappa shape index (κ2) is 3.07. The fourth-order valence-corrected chi connectivity index (χ4v) is 2.09. The molecule has 0 unspecified atom stereocenters. The molecule has 3 atom stereocenters. The molecule has 1 aliphatic carbocycles. The topological polar surface area (TPSA) is 50.4 Å². The summed E-state index contributed by atoms with van der Waals surface area (Å²) in [5.74, 6) is -0.0787. The van der Waals surface area contributed by atoms with Crippen LogP contribution >= 0.6 is 0 Å². The number of carbonyl (C=O) groups is 1. The van der Waals surface area contributed by atoms with Gasteiger partial charge >= 0.3 is 6.09 Å². The SMILES string of the molecule is CC(C)(C)OC(=O)N[C@@H]1[C@H]2CNC[C@]21F. The van der Waals surface area contributed by atoms with Crippen molar-refractivity contribution in [3.05, 3.63) is 0 Å². The van der Waals surface area contributed by atoms with Gasteiger partial charge in [-0.15, -0.1) is 0 Å². The van der Waals surface area contributed by atoms with Gasteiger partial charge in [0.15, 0.2) is 0 Å². The molecule has 4 nitrogen and oxygen atoms in total. The van der Waals surface area contributed by atoms with Gasteiger partial charge in [-0.05, 0) is 20.8 Å². The highest BCUT2D eigenvalue weighted by Gasteiger charge is 2.69. The highest BCUT2D eigenvalue weighted by Crippen LogP contribution is 2.49. The third-order valence-corrected chi connectivity index (χ3v) is 2.86. The van der Waals surface area contributed by atoms with Crippen molar-refractivity contribution in [1.29, 1.82) is 0 Å². The van der Waals surface area contributed by atoms with E-state index in [9.17, 15) is 9.18 Å². The lowest BCUT2D eigenvalue weighted by Gasteiger charge is -2.20. The van der Waals surface area contributed by atoms with Gasteiger partial charge in [0.2, 0.25) is 0 Å². The summed E-state index contributed by atoms with van der Waals surface area (Å²) in [6, 6.07) is -0.367. The molecule has 2 aliphatic rings. The number of fused-ring (bicyclic) bond motifs is 1. The number of alkyl halides is 1. The molecule has 0 aromatic heterocycles. The Morgan fingerprint density at radius 3 is 2.73 bits per heavy atom. The van der Waals surface area contributed by atoms with Crippen LogP contribution in [0.4, 0.5) is 9.18 Å². The molecule has 0 aromatic rings. The van der Waals surface area contributed by atoms with Crippen LogP contribution in [0.2, 0.25) is 0 Å². The Labute approximate surface area is 88.6 Å². The first-order valence-electron chi connectivity index (χ1n) is 5.22. The highest BCUT2D eigenvalue weighted by molar-refractivity contribution is 5.69. The molecule has 86 valence electrons. The number of hydrogen-bond donors (Lipinski definition) is 2. The predicted octanol–water partition coefficient (Wildman–Crippen LogP) is 0.821. The molecule has 1 amide bonds. The zero-order chi connectivity index (χ0) is 11.3. The standard InChI is InChI=1S/C10H17FN2O2/c1-9(2,3)15-8(14)13-7-6-4-12-5-10(6,7)11/h6-7,12H,4-5H2,1-3H3,(H,13,14)/t6-,7-,10+/m1/s1. The van der Waals surface area contributed by atoms with Crippen LogP contribution in [0, 0.1) is 5.92 Å². The van der Waals surface area contributed by atoms with Crippen LogP contribution in [0.15, 0.2) is 0 Å². The number of amides is 1. The molecular formula is C10H17FN2O2. The van der Waals surface area contributed by atoms with Gasteiger partial charge in [0.05, 0.1) is 6.04 Å². The van der Waals surface area contributed by atoms with Crippen LogP contribution in [0.3, 0.4) is 0 Å². The second-order valence-electron chi connectivity index (χ2n) is 5.29. The van der Waals surface area contributed by atoms with Gasteiger partial charge in [0.25, 0.3) is 0 Å². The summed E-state index contributed by atoms with van der Waals surface area (Å²) in [7, 11) is 0. The van der Waals surface area contributed by atoms with E-state index < -0.39 is 17.4 Å². The molecule has 0 radical (unpaired) electrons. The minimum absolute atomic E-state index is 0.0787. The third kappa shape index (κ3) is 1.93. The quantitative estimate of drug-likeness (QED) is 0.682. The summed E-state index contributed by atoms with van der Waals surface area (Å²) in [5.41, 5.74) is -1.77. The van der Waals surface area contributed by atoms with Gasteiger partial charge in [0.1, 0.15) is 11.3 Å². The molecule has 5 heteroatoms. The van der Waals surface area contributed by atoms with E-state index in [1.54, 1.807) is 20.8 Å². The molecule has 0 aromatic carbocycles. The number of nitrogens with one attached hydrogen (secondary N) is 2. The van der Waals surface area contributed by atoms with Gasteiger partial charge in [-0.3, -0.25) is 0 Å². The fourth-order valence-electron chi connectivity index (χ4n) is 2.09. The molecule has 1 saturated heterocycles. The van der Waals surface area contributed by atoms with E-state index in [1.807, 2.05) is 0 Å². The summed E-state index contributed by atoms with van der Waals surface area (Å²) in [6.07, 6.45) is -0.529. The van der Waals surface area contributed by atoms with Crippen LogP contribution in [0.1, 0.15) is 20.8 Å². The maximum atomic E-state index is 13.8. The number of halogens is 1. The molecule has 0 spiro atoms. The Kier molecular flexibility index (Phi) is 2.19. The van der Waals surface area contributed by atoms with Gasteiger partial charge in [-0.2, -0.15) is 0 Å². The first-order valence-corrected chi connectivity index (χ1v) is 5.22. The van der Waals surface area contributed by atoms with E-state index in [0.717, 1.165) is 0 Å². The van der Waals surface area contributed by atoms with E-state index in [4.69, 9.17) is 4.74 Å². The number of hydrogen-bond acceptors (Lipinski definition) is 3. The van der Waals surface area contributed by atoms with Crippen molar-refractivity contribution in [2.24, 2.45) is 5.92 Å². The number of ether oxygens (including phenoxy) is 1. The van der Waals surface area contributed by atoms with E-state index in [0.29, 0.717) is 13.1 Å². The van der Waals surface area contributed by atoms with E-state index >= 15 is 0 Å². The molecule has 15 heavy (non-hydrogen) atoms. The van der Waals surface area contributed by atoms with Gasteiger partial charge in [0, 0.05) is 19.0 Å². The van der Waals surface area contributed by atoms with Crippen molar-refractivity contribution in [3.63, 3.8) is 0 Å². The van der Waals surface area contributed by atoms with Crippen LogP contribution in [-0.4, -0.2) is 36.5 Å². The summed E-state index contributed by atoms with van der Waals surface area (Å²) >= 11 is 0. The van der Waals surface area contributed by atoms with Crippen LogP contribution in [-0.2, 0) is 4.74 Å². The lowest BCUT2D eigenvalue weighted by Crippen LogP contribution is -2.39.